The standard InChI is InChI=1S/C23H17FO6/c24-18-8-16(11-26-22(25)15-6-7-19-20(10-15)29-13-28-19)21-17(9-18)12-27-23(30-21)14-4-2-1-3-5-14/h1-10,23H,11-13H2/t23-/m0/s1. The maximum atomic E-state index is 14.1. The van der Waals surface area contributed by atoms with Crippen molar-refractivity contribution >= 4 is 5.97 Å². The van der Waals surface area contributed by atoms with Gasteiger partial charge in [0.25, 0.3) is 0 Å². The third kappa shape index (κ3) is 3.55. The molecule has 0 aliphatic carbocycles. The predicted molar refractivity (Wildman–Crippen MR) is 103 cm³/mol. The van der Waals surface area contributed by atoms with Crippen LogP contribution in [-0.4, -0.2) is 12.8 Å². The van der Waals surface area contributed by atoms with Gasteiger partial charge in [-0.15, -0.1) is 0 Å². The highest BCUT2D eigenvalue weighted by Gasteiger charge is 2.26. The van der Waals surface area contributed by atoms with E-state index in [-0.39, 0.29) is 20.0 Å². The molecule has 0 saturated heterocycles. The molecule has 5 rings (SSSR count). The van der Waals surface area contributed by atoms with E-state index in [2.05, 4.69) is 0 Å². The highest BCUT2D eigenvalue weighted by Crippen LogP contribution is 2.37. The SMILES string of the molecule is O=C(OCc1cc(F)cc2c1O[C@@H](c1ccccc1)OC2)c1ccc2c(c1)OCO2. The highest BCUT2D eigenvalue weighted by molar-refractivity contribution is 5.90. The summed E-state index contributed by atoms with van der Waals surface area (Å²) in [5.74, 6) is 0.520. The summed E-state index contributed by atoms with van der Waals surface area (Å²) >= 11 is 0. The Kier molecular flexibility index (Phi) is 4.72. The number of carbonyl (C=O) groups is 1. The van der Waals surface area contributed by atoms with Crippen LogP contribution >= 0.6 is 0 Å². The van der Waals surface area contributed by atoms with Crippen LogP contribution in [0.4, 0.5) is 4.39 Å². The quantitative estimate of drug-likeness (QED) is 0.592. The van der Waals surface area contributed by atoms with Crippen molar-refractivity contribution in [3.63, 3.8) is 0 Å². The molecule has 3 aromatic rings. The fourth-order valence-electron chi connectivity index (χ4n) is 3.41. The molecule has 0 amide bonds. The number of benzene rings is 3. The number of fused-ring (bicyclic) bond motifs is 2. The summed E-state index contributed by atoms with van der Waals surface area (Å²) in [4.78, 5) is 12.5. The van der Waals surface area contributed by atoms with E-state index in [9.17, 15) is 9.18 Å². The molecule has 0 fully saturated rings. The molecular formula is C23H17FO6. The lowest BCUT2D eigenvalue weighted by atomic mass is 10.1. The van der Waals surface area contributed by atoms with Crippen molar-refractivity contribution in [3.05, 3.63) is 88.7 Å². The minimum Gasteiger partial charge on any atom is -0.460 e. The van der Waals surface area contributed by atoms with Gasteiger partial charge in [0, 0.05) is 16.7 Å². The zero-order valence-corrected chi connectivity index (χ0v) is 15.8. The maximum Gasteiger partial charge on any atom is 0.338 e. The van der Waals surface area contributed by atoms with Crippen LogP contribution in [0.15, 0.2) is 60.7 Å². The zero-order chi connectivity index (χ0) is 20.5. The molecule has 0 radical (unpaired) electrons. The molecule has 6 nitrogen and oxygen atoms in total. The fraction of sp³-hybridized carbons (Fsp3) is 0.174. The topological polar surface area (TPSA) is 63.2 Å². The van der Waals surface area contributed by atoms with Gasteiger partial charge in [0.15, 0.2) is 11.5 Å². The van der Waals surface area contributed by atoms with Gasteiger partial charge < -0.3 is 23.7 Å². The summed E-state index contributed by atoms with van der Waals surface area (Å²) in [6.45, 7) is 0.163. The van der Waals surface area contributed by atoms with E-state index in [0.29, 0.717) is 33.9 Å². The van der Waals surface area contributed by atoms with E-state index in [4.69, 9.17) is 23.7 Å². The van der Waals surface area contributed by atoms with Crippen molar-refractivity contribution in [1.82, 2.24) is 0 Å². The predicted octanol–water partition coefficient (Wildman–Crippen LogP) is 4.52. The van der Waals surface area contributed by atoms with Gasteiger partial charge in [-0.05, 0) is 30.3 Å². The van der Waals surface area contributed by atoms with E-state index in [0.717, 1.165) is 5.56 Å². The molecule has 7 heteroatoms. The summed E-state index contributed by atoms with van der Waals surface area (Å²) in [5.41, 5.74) is 2.16. The molecule has 0 aromatic heterocycles. The fourth-order valence-corrected chi connectivity index (χ4v) is 3.41. The van der Waals surface area contributed by atoms with Crippen molar-refractivity contribution in [2.24, 2.45) is 0 Å². The Labute approximate surface area is 171 Å². The largest absolute Gasteiger partial charge is 0.460 e. The Morgan fingerprint density at radius 2 is 1.87 bits per heavy atom. The molecule has 0 N–H and O–H groups in total. The number of esters is 1. The monoisotopic (exact) mass is 408 g/mol. The van der Waals surface area contributed by atoms with Gasteiger partial charge >= 0.3 is 5.97 Å². The number of hydrogen-bond acceptors (Lipinski definition) is 6. The summed E-state index contributed by atoms with van der Waals surface area (Å²) < 4.78 is 41.7. The van der Waals surface area contributed by atoms with E-state index < -0.39 is 18.1 Å². The third-order valence-electron chi connectivity index (χ3n) is 4.86. The first-order chi connectivity index (χ1) is 14.7. The first kappa shape index (κ1) is 18.4. The Balaban J connectivity index is 1.35. The molecule has 30 heavy (non-hydrogen) atoms. The molecule has 152 valence electrons. The van der Waals surface area contributed by atoms with Crippen molar-refractivity contribution in [2.75, 3.05) is 6.79 Å². The smallest absolute Gasteiger partial charge is 0.338 e. The van der Waals surface area contributed by atoms with Gasteiger partial charge in [-0.3, -0.25) is 0 Å². The Morgan fingerprint density at radius 1 is 1.03 bits per heavy atom. The molecule has 0 saturated carbocycles. The Hall–Kier alpha value is -3.58. The van der Waals surface area contributed by atoms with Crippen LogP contribution < -0.4 is 14.2 Å². The number of ether oxygens (including phenoxy) is 5. The maximum absolute atomic E-state index is 14.1. The van der Waals surface area contributed by atoms with Crippen molar-refractivity contribution in [1.29, 1.82) is 0 Å². The van der Waals surface area contributed by atoms with Crippen LogP contribution in [0.25, 0.3) is 0 Å². The molecule has 0 bridgehead atoms. The molecule has 2 aliphatic heterocycles. The lowest BCUT2D eigenvalue weighted by Crippen LogP contribution is -2.20. The number of carbonyl (C=O) groups excluding carboxylic acids is 1. The second-order valence-corrected chi connectivity index (χ2v) is 6.87. The van der Waals surface area contributed by atoms with Crippen LogP contribution in [-0.2, 0) is 22.7 Å². The molecule has 1 atom stereocenters. The lowest BCUT2D eigenvalue weighted by molar-refractivity contribution is -0.112. The number of hydrogen-bond donors (Lipinski definition) is 0. The Bertz CT molecular complexity index is 1100. The second kappa shape index (κ2) is 7.68. The summed E-state index contributed by atoms with van der Waals surface area (Å²) in [5, 5.41) is 0. The minimum atomic E-state index is -0.618. The van der Waals surface area contributed by atoms with Gasteiger partial charge in [-0.1, -0.05) is 30.3 Å². The molecular weight excluding hydrogens is 391 g/mol. The zero-order valence-electron chi connectivity index (χ0n) is 15.8. The van der Waals surface area contributed by atoms with Crippen molar-refractivity contribution in [3.8, 4) is 17.2 Å². The van der Waals surface area contributed by atoms with Gasteiger partial charge in [0.2, 0.25) is 13.1 Å². The van der Waals surface area contributed by atoms with E-state index in [1.165, 1.54) is 12.1 Å². The third-order valence-corrected chi connectivity index (χ3v) is 4.86. The minimum absolute atomic E-state index is 0.116. The normalized spacial score (nSPS) is 16.5. The summed E-state index contributed by atoms with van der Waals surface area (Å²) in [6.07, 6.45) is -0.618. The number of rotatable bonds is 4. The summed E-state index contributed by atoms with van der Waals surface area (Å²) in [6, 6.07) is 16.9. The van der Waals surface area contributed by atoms with Gasteiger partial charge in [0.05, 0.1) is 12.2 Å². The van der Waals surface area contributed by atoms with Crippen molar-refractivity contribution in [2.45, 2.75) is 19.5 Å². The molecule has 2 aliphatic rings. The van der Waals surface area contributed by atoms with Gasteiger partial charge in [-0.2, -0.15) is 0 Å². The molecule has 2 heterocycles. The Morgan fingerprint density at radius 3 is 2.73 bits per heavy atom. The molecule has 0 unspecified atom stereocenters. The average Bonchev–Trinajstić information content (AvgIpc) is 3.25. The highest BCUT2D eigenvalue weighted by atomic mass is 19.1. The molecule has 3 aromatic carbocycles. The van der Waals surface area contributed by atoms with Crippen LogP contribution in [0.5, 0.6) is 17.2 Å². The van der Waals surface area contributed by atoms with Gasteiger partial charge in [0.1, 0.15) is 18.2 Å². The number of halogens is 1. The summed E-state index contributed by atoms with van der Waals surface area (Å²) in [7, 11) is 0. The van der Waals surface area contributed by atoms with E-state index in [1.54, 1.807) is 18.2 Å². The second-order valence-electron chi connectivity index (χ2n) is 6.87. The van der Waals surface area contributed by atoms with Crippen molar-refractivity contribution < 1.29 is 32.9 Å². The van der Waals surface area contributed by atoms with Crippen LogP contribution in [0, 0.1) is 5.82 Å². The van der Waals surface area contributed by atoms with Crippen LogP contribution in [0.1, 0.15) is 33.3 Å². The first-order valence-electron chi connectivity index (χ1n) is 9.38. The van der Waals surface area contributed by atoms with Gasteiger partial charge in [-0.25, -0.2) is 9.18 Å². The van der Waals surface area contributed by atoms with Crippen LogP contribution in [0.3, 0.4) is 0 Å². The van der Waals surface area contributed by atoms with E-state index >= 15 is 0 Å². The van der Waals surface area contributed by atoms with Crippen LogP contribution in [0.2, 0.25) is 0 Å². The average molecular weight is 408 g/mol. The van der Waals surface area contributed by atoms with E-state index in [1.807, 2.05) is 30.3 Å². The lowest BCUT2D eigenvalue weighted by Gasteiger charge is -2.28. The molecule has 0 spiro atoms. The first-order valence-corrected chi connectivity index (χ1v) is 9.38.